The number of ether oxygens (including phenoxy) is 1. The van der Waals surface area contributed by atoms with E-state index < -0.39 is 11.9 Å². The standard InChI is InChI=1S/C14H16F3NO/c1-10-8-11(6-5-7-19-13(2,3)4)9-12(18-10)14(15,16)17/h8-9H,7H2,1-4H3. The zero-order valence-electron chi connectivity index (χ0n) is 11.4. The summed E-state index contributed by atoms with van der Waals surface area (Å²) >= 11 is 0. The maximum absolute atomic E-state index is 12.6. The normalized spacial score (nSPS) is 11.9. The highest BCUT2D eigenvalue weighted by Crippen LogP contribution is 2.28. The first-order valence-corrected chi connectivity index (χ1v) is 5.77. The van der Waals surface area contributed by atoms with Crippen LogP contribution in [0, 0.1) is 18.8 Å². The first-order chi connectivity index (χ1) is 8.58. The topological polar surface area (TPSA) is 22.1 Å². The van der Waals surface area contributed by atoms with Gasteiger partial charge in [0.25, 0.3) is 0 Å². The van der Waals surface area contributed by atoms with E-state index in [1.165, 1.54) is 13.0 Å². The van der Waals surface area contributed by atoms with Crippen molar-refractivity contribution in [1.29, 1.82) is 0 Å². The summed E-state index contributed by atoms with van der Waals surface area (Å²) < 4.78 is 43.0. The Balaban J connectivity index is 2.85. The molecule has 0 aliphatic carbocycles. The van der Waals surface area contributed by atoms with Gasteiger partial charge in [-0.3, -0.25) is 0 Å². The van der Waals surface area contributed by atoms with Gasteiger partial charge < -0.3 is 4.74 Å². The summed E-state index contributed by atoms with van der Waals surface area (Å²) in [6, 6.07) is 2.45. The molecule has 0 atom stereocenters. The third-order valence-electron chi connectivity index (χ3n) is 2.05. The van der Waals surface area contributed by atoms with E-state index in [9.17, 15) is 13.2 Å². The Hall–Kier alpha value is -1.54. The van der Waals surface area contributed by atoms with Crippen molar-refractivity contribution in [3.63, 3.8) is 0 Å². The molecule has 0 spiro atoms. The fourth-order valence-corrected chi connectivity index (χ4v) is 1.28. The van der Waals surface area contributed by atoms with Gasteiger partial charge >= 0.3 is 6.18 Å². The molecule has 0 radical (unpaired) electrons. The summed E-state index contributed by atoms with van der Waals surface area (Å²) in [7, 11) is 0. The average Bonchev–Trinajstić information content (AvgIpc) is 2.21. The minimum atomic E-state index is -4.45. The quantitative estimate of drug-likeness (QED) is 0.728. The summed E-state index contributed by atoms with van der Waals surface area (Å²) in [5.41, 5.74) is -0.665. The van der Waals surface area contributed by atoms with Gasteiger partial charge in [0.2, 0.25) is 0 Å². The number of hydrogen-bond donors (Lipinski definition) is 0. The molecule has 1 aromatic rings. The number of halogens is 3. The second-order valence-corrected chi connectivity index (χ2v) is 5.08. The Morgan fingerprint density at radius 2 is 1.84 bits per heavy atom. The first-order valence-electron chi connectivity index (χ1n) is 5.77. The van der Waals surface area contributed by atoms with Crippen LogP contribution >= 0.6 is 0 Å². The molecule has 5 heteroatoms. The molecule has 0 fully saturated rings. The van der Waals surface area contributed by atoms with Gasteiger partial charge in [0, 0.05) is 11.3 Å². The smallest absolute Gasteiger partial charge is 0.363 e. The number of aryl methyl sites for hydroxylation is 1. The van der Waals surface area contributed by atoms with Gasteiger partial charge in [0.15, 0.2) is 0 Å². The molecule has 0 saturated carbocycles. The maximum atomic E-state index is 12.6. The molecule has 0 unspecified atom stereocenters. The lowest BCUT2D eigenvalue weighted by Crippen LogP contribution is -2.19. The summed E-state index contributed by atoms with van der Waals surface area (Å²) in [5, 5.41) is 0. The monoisotopic (exact) mass is 271 g/mol. The molecule has 0 N–H and O–H groups in total. The number of hydrogen-bond acceptors (Lipinski definition) is 2. The van der Waals surface area contributed by atoms with Crippen molar-refractivity contribution in [2.75, 3.05) is 6.61 Å². The lowest BCUT2D eigenvalue weighted by atomic mass is 10.2. The highest BCUT2D eigenvalue weighted by molar-refractivity contribution is 5.37. The van der Waals surface area contributed by atoms with Crippen LogP contribution in [0.25, 0.3) is 0 Å². The second-order valence-electron chi connectivity index (χ2n) is 5.08. The van der Waals surface area contributed by atoms with Crippen LogP contribution in [0.5, 0.6) is 0 Å². The van der Waals surface area contributed by atoms with Crippen molar-refractivity contribution < 1.29 is 17.9 Å². The Morgan fingerprint density at radius 3 is 2.37 bits per heavy atom. The number of pyridine rings is 1. The van der Waals surface area contributed by atoms with E-state index in [2.05, 4.69) is 16.8 Å². The number of alkyl halides is 3. The van der Waals surface area contributed by atoms with Crippen LogP contribution in [-0.2, 0) is 10.9 Å². The predicted octanol–water partition coefficient (Wildman–Crippen LogP) is 3.58. The molecule has 0 aliphatic rings. The lowest BCUT2D eigenvalue weighted by molar-refractivity contribution is -0.141. The molecule has 0 aliphatic heterocycles. The third kappa shape index (κ3) is 5.75. The van der Waals surface area contributed by atoms with E-state index in [1.54, 1.807) is 0 Å². The van der Waals surface area contributed by atoms with Crippen molar-refractivity contribution in [1.82, 2.24) is 4.98 Å². The second kappa shape index (κ2) is 5.62. The fraction of sp³-hybridized carbons (Fsp3) is 0.500. The van der Waals surface area contributed by atoms with Crippen LogP contribution in [0.4, 0.5) is 13.2 Å². The van der Waals surface area contributed by atoms with Crippen molar-refractivity contribution in [3.05, 3.63) is 29.1 Å². The fourth-order valence-electron chi connectivity index (χ4n) is 1.28. The molecule has 1 aromatic heterocycles. The van der Waals surface area contributed by atoms with Crippen LogP contribution in [0.15, 0.2) is 12.1 Å². The molecule has 2 nitrogen and oxygen atoms in total. The molecule has 0 saturated heterocycles. The molecular weight excluding hydrogens is 255 g/mol. The van der Waals surface area contributed by atoms with Crippen LogP contribution in [0.1, 0.15) is 37.7 Å². The molecular formula is C14H16F3NO. The molecule has 1 heterocycles. The van der Waals surface area contributed by atoms with Gasteiger partial charge in [-0.25, -0.2) is 4.98 Å². The highest BCUT2D eigenvalue weighted by Gasteiger charge is 2.32. The largest absolute Gasteiger partial charge is 0.433 e. The van der Waals surface area contributed by atoms with E-state index in [-0.39, 0.29) is 23.5 Å². The lowest BCUT2D eigenvalue weighted by Gasteiger charge is -2.16. The molecule has 0 amide bonds. The minimum absolute atomic E-state index is 0.173. The van der Waals surface area contributed by atoms with Gasteiger partial charge in [-0.05, 0) is 39.8 Å². The van der Waals surface area contributed by atoms with Gasteiger partial charge in [-0.2, -0.15) is 13.2 Å². The molecule has 1 rings (SSSR count). The van der Waals surface area contributed by atoms with Crippen molar-refractivity contribution >= 4 is 0 Å². The van der Waals surface area contributed by atoms with E-state index in [0.29, 0.717) is 0 Å². The summed E-state index contributed by atoms with van der Waals surface area (Å²) in [5.74, 6) is 5.35. The molecule has 104 valence electrons. The molecule has 0 bridgehead atoms. The Labute approximate surface area is 111 Å². The van der Waals surface area contributed by atoms with E-state index in [4.69, 9.17) is 4.74 Å². The predicted molar refractivity (Wildman–Crippen MR) is 66.6 cm³/mol. The van der Waals surface area contributed by atoms with Crippen molar-refractivity contribution in [3.8, 4) is 11.8 Å². The third-order valence-corrected chi connectivity index (χ3v) is 2.05. The van der Waals surface area contributed by atoms with E-state index >= 15 is 0 Å². The van der Waals surface area contributed by atoms with Gasteiger partial charge in [-0.15, -0.1) is 0 Å². The van der Waals surface area contributed by atoms with E-state index in [1.807, 2.05) is 20.8 Å². The number of rotatable bonds is 1. The Bertz CT molecular complexity index is 504. The number of nitrogens with zero attached hydrogens (tertiary/aromatic N) is 1. The summed E-state index contributed by atoms with van der Waals surface area (Å²) in [4.78, 5) is 3.45. The Morgan fingerprint density at radius 1 is 1.21 bits per heavy atom. The van der Waals surface area contributed by atoms with Crippen LogP contribution < -0.4 is 0 Å². The van der Waals surface area contributed by atoms with Gasteiger partial charge in [-0.1, -0.05) is 11.8 Å². The zero-order chi connectivity index (χ0) is 14.7. The highest BCUT2D eigenvalue weighted by atomic mass is 19.4. The first kappa shape index (κ1) is 15.5. The van der Waals surface area contributed by atoms with E-state index in [0.717, 1.165) is 6.07 Å². The van der Waals surface area contributed by atoms with Crippen LogP contribution in [-0.4, -0.2) is 17.2 Å². The minimum Gasteiger partial charge on any atom is -0.363 e. The molecule has 0 aromatic carbocycles. The zero-order valence-corrected chi connectivity index (χ0v) is 11.4. The maximum Gasteiger partial charge on any atom is 0.433 e. The van der Waals surface area contributed by atoms with Crippen molar-refractivity contribution in [2.45, 2.75) is 39.5 Å². The SMILES string of the molecule is Cc1cc(C#CCOC(C)(C)C)cc(C(F)(F)F)n1. The Kier molecular flexibility index (Phi) is 4.59. The van der Waals surface area contributed by atoms with Crippen LogP contribution in [0.3, 0.4) is 0 Å². The summed E-state index contributed by atoms with van der Waals surface area (Å²) in [6.45, 7) is 7.32. The van der Waals surface area contributed by atoms with Gasteiger partial charge in [0.1, 0.15) is 12.3 Å². The summed E-state index contributed by atoms with van der Waals surface area (Å²) in [6.07, 6.45) is -4.45. The number of aromatic nitrogens is 1. The average molecular weight is 271 g/mol. The molecule has 19 heavy (non-hydrogen) atoms. The van der Waals surface area contributed by atoms with Crippen LogP contribution in [0.2, 0.25) is 0 Å². The van der Waals surface area contributed by atoms with Gasteiger partial charge in [0.05, 0.1) is 5.60 Å². The van der Waals surface area contributed by atoms with Crippen molar-refractivity contribution in [2.24, 2.45) is 0 Å².